The molecular formula is C15H21IN4O2. The molecule has 0 N–H and O–H groups in total. The van der Waals surface area contributed by atoms with Crippen molar-refractivity contribution >= 4 is 41.8 Å². The quantitative estimate of drug-likeness (QED) is 0.324. The molecule has 0 atom stereocenters. The fourth-order valence-corrected chi connectivity index (χ4v) is 2.38. The molecule has 120 valence electrons. The number of aliphatic imine (C=N–C) groups is 1. The lowest BCUT2D eigenvalue weighted by Gasteiger charge is -2.23. The summed E-state index contributed by atoms with van der Waals surface area (Å²) >= 11 is 0. The Hall–Kier alpha value is -1.64. The first-order chi connectivity index (χ1) is 9.93. The number of hydrogen-bond acceptors (Lipinski definition) is 3. The van der Waals surface area contributed by atoms with Crippen LogP contribution in [0.3, 0.4) is 0 Å². The van der Waals surface area contributed by atoms with Crippen LogP contribution in [0.4, 0.5) is 0 Å². The second kappa shape index (κ2) is 7.57. The lowest BCUT2D eigenvalue weighted by atomic mass is 10.1. The van der Waals surface area contributed by atoms with Crippen LogP contribution in [-0.2, 0) is 0 Å². The van der Waals surface area contributed by atoms with Gasteiger partial charge in [0.2, 0.25) is 0 Å². The van der Waals surface area contributed by atoms with Crippen molar-refractivity contribution in [2.45, 2.75) is 0 Å². The lowest BCUT2D eigenvalue weighted by Crippen LogP contribution is -2.37. The van der Waals surface area contributed by atoms with Crippen LogP contribution in [0.25, 0.3) is 0 Å². The van der Waals surface area contributed by atoms with Crippen molar-refractivity contribution in [2.75, 3.05) is 41.3 Å². The third-order valence-corrected chi connectivity index (χ3v) is 3.26. The van der Waals surface area contributed by atoms with Crippen LogP contribution >= 0.6 is 24.0 Å². The zero-order valence-electron chi connectivity index (χ0n) is 13.2. The second-order valence-corrected chi connectivity index (χ2v) is 5.28. The number of carbonyl (C=O) groups is 2. The maximum absolute atomic E-state index is 12.2. The van der Waals surface area contributed by atoms with E-state index in [0.717, 1.165) is 5.96 Å². The molecule has 1 aromatic carbocycles. The van der Waals surface area contributed by atoms with Gasteiger partial charge in [-0.1, -0.05) is 12.1 Å². The van der Waals surface area contributed by atoms with Crippen LogP contribution in [0.5, 0.6) is 0 Å². The largest absolute Gasteiger partial charge is 0.349 e. The third kappa shape index (κ3) is 3.57. The molecule has 0 radical (unpaired) electrons. The fraction of sp³-hybridized carbons (Fsp3) is 0.400. The maximum atomic E-state index is 12.2. The summed E-state index contributed by atoms with van der Waals surface area (Å²) in [6.45, 7) is 0.675. The van der Waals surface area contributed by atoms with Crippen LogP contribution in [0.2, 0.25) is 0 Å². The normalized spacial score (nSPS) is 12.6. The number of benzene rings is 1. The van der Waals surface area contributed by atoms with Crippen LogP contribution in [0.15, 0.2) is 29.3 Å². The van der Waals surface area contributed by atoms with E-state index in [0.29, 0.717) is 17.7 Å². The number of hydrogen-bond donors (Lipinski definition) is 0. The summed E-state index contributed by atoms with van der Waals surface area (Å²) in [6.07, 6.45) is 0. The zero-order valence-corrected chi connectivity index (χ0v) is 15.6. The highest BCUT2D eigenvalue weighted by molar-refractivity contribution is 14.0. The summed E-state index contributed by atoms with van der Waals surface area (Å²) in [5.41, 5.74) is 0.957. The van der Waals surface area contributed by atoms with Gasteiger partial charge in [0.25, 0.3) is 11.8 Å². The first-order valence-corrected chi connectivity index (χ1v) is 6.77. The molecule has 0 saturated heterocycles. The Labute approximate surface area is 147 Å². The van der Waals surface area contributed by atoms with Gasteiger partial charge in [0.1, 0.15) is 0 Å². The fourth-order valence-electron chi connectivity index (χ4n) is 2.38. The zero-order chi connectivity index (χ0) is 15.6. The molecule has 22 heavy (non-hydrogen) atoms. The van der Waals surface area contributed by atoms with Gasteiger partial charge in [-0.05, 0) is 12.1 Å². The SMILES string of the molecule is CN(C)C(=NCCN1C(=O)c2ccccc2C1=O)N(C)C.I. The molecule has 1 aliphatic rings. The van der Waals surface area contributed by atoms with Crippen LogP contribution in [0, 0.1) is 0 Å². The van der Waals surface area contributed by atoms with Crippen LogP contribution in [-0.4, -0.2) is 73.8 Å². The molecule has 1 heterocycles. The van der Waals surface area contributed by atoms with Gasteiger partial charge in [0.15, 0.2) is 5.96 Å². The lowest BCUT2D eigenvalue weighted by molar-refractivity contribution is 0.0659. The number of guanidine groups is 1. The first kappa shape index (κ1) is 18.4. The van der Waals surface area contributed by atoms with Gasteiger partial charge in [0.05, 0.1) is 17.7 Å². The van der Waals surface area contributed by atoms with E-state index in [9.17, 15) is 9.59 Å². The summed E-state index contributed by atoms with van der Waals surface area (Å²) < 4.78 is 0. The van der Waals surface area contributed by atoms with E-state index < -0.39 is 0 Å². The molecule has 0 aromatic heterocycles. The number of imide groups is 1. The molecule has 0 saturated carbocycles. The Bertz CT molecular complexity index is 554. The number of fused-ring (bicyclic) bond motifs is 1. The first-order valence-electron chi connectivity index (χ1n) is 6.77. The van der Waals surface area contributed by atoms with Crippen molar-refractivity contribution in [1.82, 2.24) is 14.7 Å². The molecule has 7 heteroatoms. The van der Waals surface area contributed by atoms with Crippen molar-refractivity contribution in [2.24, 2.45) is 4.99 Å². The van der Waals surface area contributed by atoms with Crippen molar-refractivity contribution in [3.8, 4) is 0 Å². The summed E-state index contributed by atoms with van der Waals surface area (Å²) in [4.78, 5) is 33.9. The van der Waals surface area contributed by atoms with Gasteiger partial charge in [0, 0.05) is 34.7 Å². The Morgan fingerprint density at radius 3 is 1.86 bits per heavy atom. The second-order valence-electron chi connectivity index (χ2n) is 5.28. The predicted molar refractivity (Wildman–Crippen MR) is 96.9 cm³/mol. The summed E-state index contributed by atoms with van der Waals surface area (Å²) in [7, 11) is 7.61. The molecule has 6 nitrogen and oxygen atoms in total. The van der Waals surface area contributed by atoms with Crippen molar-refractivity contribution in [3.05, 3.63) is 35.4 Å². The van der Waals surface area contributed by atoms with Crippen LogP contribution < -0.4 is 0 Å². The molecule has 0 aliphatic carbocycles. The average Bonchev–Trinajstić information content (AvgIpc) is 2.67. The molecule has 2 rings (SSSR count). The smallest absolute Gasteiger partial charge is 0.261 e. The number of amides is 2. The van der Waals surface area contributed by atoms with Gasteiger partial charge in [-0.2, -0.15) is 0 Å². The molecule has 1 aliphatic heterocycles. The van der Waals surface area contributed by atoms with E-state index >= 15 is 0 Å². The maximum Gasteiger partial charge on any atom is 0.261 e. The molecule has 1 aromatic rings. The van der Waals surface area contributed by atoms with Crippen LogP contribution in [0.1, 0.15) is 20.7 Å². The van der Waals surface area contributed by atoms with E-state index in [1.807, 2.05) is 38.0 Å². The van der Waals surface area contributed by atoms with E-state index in [-0.39, 0.29) is 42.3 Å². The molecule has 0 fully saturated rings. The topological polar surface area (TPSA) is 56.2 Å². The molecule has 2 amide bonds. The Balaban J connectivity index is 0.00000242. The highest BCUT2D eigenvalue weighted by Gasteiger charge is 2.34. The third-order valence-electron chi connectivity index (χ3n) is 3.26. The predicted octanol–water partition coefficient (Wildman–Crippen LogP) is 1.38. The number of nitrogens with zero attached hydrogens (tertiary/aromatic N) is 4. The van der Waals surface area contributed by atoms with Gasteiger partial charge >= 0.3 is 0 Å². The minimum absolute atomic E-state index is 0. The van der Waals surface area contributed by atoms with E-state index in [4.69, 9.17) is 0 Å². The van der Waals surface area contributed by atoms with Crippen molar-refractivity contribution < 1.29 is 9.59 Å². The highest BCUT2D eigenvalue weighted by Crippen LogP contribution is 2.21. The van der Waals surface area contributed by atoms with Gasteiger partial charge in [-0.3, -0.25) is 19.5 Å². The highest BCUT2D eigenvalue weighted by atomic mass is 127. The standard InChI is InChI=1S/C15H20N4O2.HI/c1-17(2)15(18(3)4)16-9-10-19-13(20)11-7-5-6-8-12(11)14(19)21;/h5-8H,9-10H2,1-4H3;1H. The number of halogens is 1. The minimum atomic E-state index is -0.234. The summed E-state index contributed by atoms with van der Waals surface area (Å²) in [5.74, 6) is 0.329. The summed E-state index contributed by atoms with van der Waals surface area (Å²) in [6, 6.07) is 6.90. The molecule has 0 unspecified atom stereocenters. The van der Waals surface area contributed by atoms with Gasteiger partial charge in [-0.15, -0.1) is 24.0 Å². The van der Waals surface area contributed by atoms with Gasteiger partial charge < -0.3 is 9.80 Å². The molecule has 0 bridgehead atoms. The van der Waals surface area contributed by atoms with Gasteiger partial charge in [-0.25, -0.2) is 0 Å². The Morgan fingerprint density at radius 1 is 1.00 bits per heavy atom. The minimum Gasteiger partial charge on any atom is -0.349 e. The van der Waals surface area contributed by atoms with Crippen molar-refractivity contribution in [1.29, 1.82) is 0 Å². The van der Waals surface area contributed by atoms with E-state index in [2.05, 4.69) is 4.99 Å². The van der Waals surface area contributed by atoms with Crippen molar-refractivity contribution in [3.63, 3.8) is 0 Å². The monoisotopic (exact) mass is 416 g/mol. The summed E-state index contributed by atoms with van der Waals surface area (Å²) in [5, 5.41) is 0. The molecular weight excluding hydrogens is 395 g/mol. The van der Waals surface area contributed by atoms with E-state index in [1.165, 1.54) is 4.90 Å². The Kier molecular flexibility index (Phi) is 6.34. The number of rotatable bonds is 3. The number of carbonyl (C=O) groups excluding carboxylic acids is 2. The average molecular weight is 416 g/mol. The Morgan fingerprint density at radius 2 is 1.45 bits per heavy atom. The molecule has 0 spiro atoms. The van der Waals surface area contributed by atoms with E-state index in [1.54, 1.807) is 24.3 Å².